The van der Waals surface area contributed by atoms with E-state index in [2.05, 4.69) is 10.3 Å². The van der Waals surface area contributed by atoms with Crippen LogP contribution in [0.15, 0.2) is 17.5 Å². The lowest BCUT2D eigenvalue weighted by molar-refractivity contribution is 0.0901. The second kappa shape index (κ2) is 5.51. The quantitative estimate of drug-likeness (QED) is 0.889. The number of hydrogen-bond donors (Lipinski definition) is 2. The first kappa shape index (κ1) is 14.7. The Kier molecular flexibility index (Phi) is 3.86. The third-order valence-electron chi connectivity index (χ3n) is 4.04. The Bertz CT molecular complexity index is 646. The summed E-state index contributed by atoms with van der Waals surface area (Å²) in [5, 5.41) is 6.06. The van der Waals surface area contributed by atoms with Crippen LogP contribution in [0.2, 0.25) is 0 Å². The second-order valence-electron chi connectivity index (χ2n) is 5.76. The predicted molar refractivity (Wildman–Crippen MR) is 87.8 cm³/mol. The summed E-state index contributed by atoms with van der Waals surface area (Å²) in [6.45, 7) is 4.40. The van der Waals surface area contributed by atoms with Gasteiger partial charge < -0.3 is 11.1 Å². The standard InChI is InChI=1S/C15H19N3OS2/c1-9-12(21-14(17-9)11-4-3-7-20-11)13(19)18-15(2,8-16)10-5-6-10/h3-4,7,10H,5-6,8,16H2,1-2H3,(H,18,19). The Labute approximate surface area is 132 Å². The molecule has 1 fully saturated rings. The van der Waals surface area contributed by atoms with E-state index in [-0.39, 0.29) is 11.4 Å². The first-order valence-electron chi connectivity index (χ1n) is 7.07. The van der Waals surface area contributed by atoms with Crippen molar-refractivity contribution in [3.05, 3.63) is 28.1 Å². The number of aryl methyl sites for hydroxylation is 1. The molecule has 1 saturated carbocycles. The first-order valence-corrected chi connectivity index (χ1v) is 8.77. The highest BCUT2D eigenvalue weighted by molar-refractivity contribution is 7.22. The van der Waals surface area contributed by atoms with Gasteiger partial charge in [-0.25, -0.2) is 4.98 Å². The fourth-order valence-corrected chi connectivity index (χ4v) is 4.23. The Morgan fingerprint density at radius 1 is 1.57 bits per heavy atom. The molecule has 0 bridgehead atoms. The minimum Gasteiger partial charge on any atom is -0.345 e. The Hall–Kier alpha value is -1.24. The number of nitrogens with zero attached hydrogens (tertiary/aromatic N) is 1. The maximum Gasteiger partial charge on any atom is 0.263 e. The van der Waals surface area contributed by atoms with Crippen LogP contribution in [0, 0.1) is 12.8 Å². The summed E-state index contributed by atoms with van der Waals surface area (Å²) < 4.78 is 0. The molecule has 21 heavy (non-hydrogen) atoms. The van der Waals surface area contributed by atoms with Gasteiger partial charge in [-0.1, -0.05) is 6.07 Å². The zero-order valence-electron chi connectivity index (χ0n) is 12.2. The van der Waals surface area contributed by atoms with Gasteiger partial charge in [0.15, 0.2) is 0 Å². The van der Waals surface area contributed by atoms with Crippen molar-refractivity contribution in [3.63, 3.8) is 0 Å². The molecule has 3 rings (SSSR count). The Balaban J connectivity index is 1.82. The molecule has 1 atom stereocenters. The van der Waals surface area contributed by atoms with Gasteiger partial charge in [-0.3, -0.25) is 4.79 Å². The molecule has 112 valence electrons. The molecule has 4 nitrogen and oxygen atoms in total. The third-order valence-corrected chi connectivity index (χ3v) is 6.23. The monoisotopic (exact) mass is 321 g/mol. The number of amides is 1. The maximum atomic E-state index is 12.6. The number of carbonyl (C=O) groups excluding carboxylic acids is 1. The van der Waals surface area contributed by atoms with Crippen LogP contribution in [0.3, 0.4) is 0 Å². The van der Waals surface area contributed by atoms with Crippen molar-refractivity contribution in [2.45, 2.75) is 32.2 Å². The number of thiazole rings is 1. The molecular formula is C15H19N3OS2. The highest BCUT2D eigenvalue weighted by Crippen LogP contribution is 2.39. The molecule has 0 radical (unpaired) electrons. The first-order chi connectivity index (χ1) is 10.0. The molecule has 1 amide bonds. The molecule has 1 unspecified atom stereocenters. The summed E-state index contributed by atoms with van der Waals surface area (Å²) in [6, 6.07) is 4.02. The predicted octanol–water partition coefficient (Wildman–Crippen LogP) is 3.04. The summed E-state index contributed by atoms with van der Waals surface area (Å²) in [7, 11) is 0. The highest BCUT2D eigenvalue weighted by atomic mass is 32.1. The molecule has 0 aliphatic heterocycles. The van der Waals surface area contributed by atoms with E-state index in [0.29, 0.717) is 17.3 Å². The minimum atomic E-state index is -0.295. The summed E-state index contributed by atoms with van der Waals surface area (Å²) >= 11 is 3.09. The molecule has 1 aliphatic carbocycles. The van der Waals surface area contributed by atoms with Crippen LogP contribution in [0.1, 0.15) is 35.1 Å². The molecule has 2 aromatic heterocycles. The summed E-state index contributed by atoms with van der Waals surface area (Å²) in [6.07, 6.45) is 2.30. The van der Waals surface area contributed by atoms with Gasteiger partial charge in [0.05, 0.1) is 16.1 Å². The topological polar surface area (TPSA) is 68.0 Å². The van der Waals surface area contributed by atoms with Crippen molar-refractivity contribution in [2.24, 2.45) is 11.7 Å². The van der Waals surface area contributed by atoms with E-state index in [1.807, 2.05) is 31.4 Å². The van der Waals surface area contributed by atoms with Crippen LogP contribution in [-0.2, 0) is 0 Å². The van der Waals surface area contributed by atoms with Crippen molar-refractivity contribution in [1.82, 2.24) is 10.3 Å². The van der Waals surface area contributed by atoms with Gasteiger partial charge in [0.2, 0.25) is 0 Å². The van der Waals surface area contributed by atoms with Gasteiger partial charge in [0, 0.05) is 6.54 Å². The molecular weight excluding hydrogens is 302 g/mol. The van der Waals surface area contributed by atoms with E-state index in [9.17, 15) is 4.79 Å². The van der Waals surface area contributed by atoms with Crippen LogP contribution in [0.5, 0.6) is 0 Å². The number of aromatic nitrogens is 1. The Morgan fingerprint density at radius 3 is 2.90 bits per heavy atom. The molecule has 2 heterocycles. The van der Waals surface area contributed by atoms with E-state index in [1.165, 1.54) is 11.3 Å². The van der Waals surface area contributed by atoms with Crippen LogP contribution in [-0.4, -0.2) is 23.0 Å². The zero-order valence-corrected chi connectivity index (χ0v) is 13.8. The van der Waals surface area contributed by atoms with Crippen LogP contribution >= 0.6 is 22.7 Å². The largest absolute Gasteiger partial charge is 0.345 e. The second-order valence-corrected chi connectivity index (χ2v) is 7.71. The maximum absolute atomic E-state index is 12.6. The number of thiophene rings is 1. The lowest BCUT2D eigenvalue weighted by atomic mass is 9.96. The van der Waals surface area contributed by atoms with Crippen molar-refractivity contribution in [3.8, 4) is 9.88 Å². The fourth-order valence-electron chi connectivity index (χ4n) is 2.47. The van der Waals surface area contributed by atoms with E-state index in [0.717, 1.165) is 28.4 Å². The fraction of sp³-hybridized carbons (Fsp3) is 0.467. The van der Waals surface area contributed by atoms with Gasteiger partial charge in [0.25, 0.3) is 5.91 Å². The van der Waals surface area contributed by atoms with Crippen molar-refractivity contribution in [2.75, 3.05) is 6.54 Å². The van der Waals surface area contributed by atoms with Gasteiger partial charge >= 0.3 is 0 Å². The normalized spacial score (nSPS) is 17.5. The molecule has 1 aliphatic rings. The van der Waals surface area contributed by atoms with Gasteiger partial charge in [-0.15, -0.1) is 22.7 Å². The highest BCUT2D eigenvalue weighted by Gasteiger charge is 2.42. The number of carbonyl (C=O) groups is 1. The summed E-state index contributed by atoms with van der Waals surface area (Å²) in [5.41, 5.74) is 6.36. The molecule has 0 aromatic carbocycles. The minimum absolute atomic E-state index is 0.0485. The molecule has 0 spiro atoms. The van der Waals surface area contributed by atoms with Gasteiger partial charge in [-0.05, 0) is 44.1 Å². The molecule has 0 saturated heterocycles. The summed E-state index contributed by atoms with van der Waals surface area (Å²) in [4.78, 5) is 18.9. The molecule has 3 N–H and O–H groups in total. The lowest BCUT2D eigenvalue weighted by Crippen LogP contribution is -2.53. The van der Waals surface area contributed by atoms with Crippen LogP contribution in [0.4, 0.5) is 0 Å². The lowest BCUT2D eigenvalue weighted by Gasteiger charge is -2.29. The number of nitrogens with two attached hydrogens (primary N) is 1. The average molecular weight is 321 g/mol. The average Bonchev–Trinajstić information content (AvgIpc) is 3.04. The SMILES string of the molecule is Cc1nc(-c2cccs2)sc1C(=O)NC(C)(CN)C1CC1. The number of hydrogen-bond acceptors (Lipinski definition) is 5. The van der Waals surface area contributed by atoms with Crippen molar-refractivity contribution in [1.29, 1.82) is 0 Å². The number of nitrogens with one attached hydrogen (secondary N) is 1. The molecule has 2 aromatic rings. The third kappa shape index (κ3) is 2.88. The van der Waals surface area contributed by atoms with E-state index in [4.69, 9.17) is 5.73 Å². The number of rotatable bonds is 5. The molecule has 6 heteroatoms. The van der Waals surface area contributed by atoms with Gasteiger partial charge in [0.1, 0.15) is 9.88 Å². The van der Waals surface area contributed by atoms with Gasteiger partial charge in [-0.2, -0.15) is 0 Å². The van der Waals surface area contributed by atoms with Crippen LogP contribution < -0.4 is 11.1 Å². The Morgan fingerprint density at radius 2 is 2.33 bits per heavy atom. The van der Waals surface area contributed by atoms with Crippen LogP contribution in [0.25, 0.3) is 9.88 Å². The van der Waals surface area contributed by atoms with E-state index >= 15 is 0 Å². The van der Waals surface area contributed by atoms with Crippen molar-refractivity contribution >= 4 is 28.6 Å². The zero-order chi connectivity index (χ0) is 15.0. The van der Waals surface area contributed by atoms with E-state index in [1.54, 1.807) is 11.3 Å². The van der Waals surface area contributed by atoms with Crippen molar-refractivity contribution < 1.29 is 4.79 Å². The smallest absolute Gasteiger partial charge is 0.263 e. The summed E-state index contributed by atoms with van der Waals surface area (Å²) in [5.74, 6) is 0.462. The van der Waals surface area contributed by atoms with E-state index < -0.39 is 0 Å².